The summed E-state index contributed by atoms with van der Waals surface area (Å²) < 4.78 is 31.6. The zero-order valence-corrected chi connectivity index (χ0v) is 12.6. The lowest BCUT2D eigenvalue weighted by Crippen LogP contribution is -1.94. The first kappa shape index (κ1) is 17.6. The van der Waals surface area contributed by atoms with Crippen LogP contribution in [0.2, 0.25) is 5.15 Å². The van der Waals surface area contributed by atoms with Crippen LogP contribution < -0.4 is 5.73 Å². The number of nitrogen functional groups attached to an aromatic ring is 1. The topological polar surface area (TPSA) is 155 Å². The van der Waals surface area contributed by atoms with E-state index in [4.69, 9.17) is 34.9 Å². The average molecular weight is 338 g/mol. The minimum absolute atomic E-state index is 0.134. The third-order valence-corrected chi connectivity index (χ3v) is 2.78. The van der Waals surface area contributed by atoms with E-state index >= 15 is 0 Å². The molecule has 0 bridgehead atoms. The summed E-state index contributed by atoms with van der Waals surface area (Å²) in [6.07, 6.45) is 8.99. The van der Waals surface area contributed by atoms with Crippen molar-refractivity contribution in [2.24, 2.45) is 0 Å². The first-order valence-electron chi connectivity index (χ1n) is 6.09. The number of halogens is 1. The summed E-state index contributed by atoms with van der Waals surface area (Å²) in [5.41, 5.74) is 6.42. The number of imidazole rings is 1. The molecule has 3 rings (SSSR count). The normalized spacial score (nSPS) is 14.0. The van der Waals surface area contributed by atoms with Gasteiger partial charge in [0.1, 0.15) is 5.52 Å². The van der Waals surface area contributed by atoms with Crippen LogP contribution in [-0.2, 0) is 10.4 Å². The number of nitrogens with one attached hydrogen (secondary N) is 1. The molecule has 2 aromatic heterocycles. The lowest BCUT2D eigenvalue weighted by Gasteiger charge is -1.92. The molecule has 0 amide bonds. The molecule has 5 N–H and O–H groups in total. The maximum atomic E-state index is 8.74. The van der Waals surface area contributed by atoms with Crippen LogP contribution in [0.25, 0.3) is 11.2 Å². The highest BCUT2D eigenvalue weighted by molar-refractivity contribution is 7.79. The summed E-state index contributed by atoms with van der Waals surface area (Å²) in [6.45, 7) is 0. The molecule has 0 saturated heterocycles. The Morgan fingerprint density at radius 1 is 1.14 bits per heavy atom. The third kappa shape index (κ3) is 7.75. The Balaban J connectivity index is 0.000000185. The molecule has 1 saturated carbocycles. The predicted octanol–water partition coefficient (Wildman–Crippen LogP) is 1.89. The van der Waals surface area contributed by atoms with Gasteiger partial charge in [0.2, 0.25) is 5.95 Å². The number of H-pyrrole nitrogens is 1. The van der Waals surface area contributed by atoms with Gasteiger partial charge >= 0.3 is 10.4 Å². The second-order valence-corrected chi connectivity index (χ2v) is 5.44. The Morgan fingerprint density at radius 2 is 1.62 bits per heavy atom. The van der Waals surface area contributed by atoms with Crippen molar-refractivity contribution in [3.63, 3.8) is 0 Å². The van der Waals surface area contributed by atoms with Gasteiger partial charge in [-0.25, -0.2) is 4.98 Å². The van der Waals surface area contributed by atoms with Gasteiger partial charge in [0.15, 0.2) is 10.8 Å². The van der Waals surface area contributed by atoms with Gasteiger partial charge in [-0.3, -0.25) is 9.11 Å². The Hall–Kier alpha value is -1.49. The van der Waals surface area contributed by atoms with Gasteiger partial charge in [0, 0.05) is 0 Å². The van der Waals surface area contributed by atoms with Crippen molar-refractivity contribution in [2.75, 3.05) is 5.73 Å². The number of hydrogen-bond acceptors (Lipinski definition) is 6. The van der Waals surface area contributed by atoms with Crippen molar-refractivity contribution in [2.45, 2.75) is 32.1 Å². The molecule has 21 heavy (non-hydrogen) atoms. The van der Waals surface area contributed by atoms with E-state index in [0.717, 1.165) is 0 Å². The molecule has 0 spiro atoms. The summed E-state index contributed by atoms with van der Waals surface area (Å²) in [6, 6.07) is 0. The SMILES string of the molecule is C1CCCC1.Nc1nc(Cl)c2[nH]cnc2n1.O=S(=O)(O)O. The average Bonchev–Trinajstić information content (AvgIpc) is 2.99. The van der Waals surface area contributed by atoms with Gasteiger partial charge < -0.3 is 10.7 Å². The Labute approximate surface area is 126 Å². The van der Waals surface area contributed by atoms with Crippen molar-refractivity contribution in [1.82, 2.24) is 19.9 Å². The molecule has 1 fully saturated rings. The summed E-state index contributed by atoms with van der Waals surface area (Å²) in [5, 5.41) is 0.296. The van der Waals surface area contributed by atoms with E-state index in [9.17, 15) is 0 Å². The molecule has 1 aliphatic rings. The third-order valence-electron chi connectivity index (χ3n) is 2.51. The largest absolute Gasteiger partial charge is 0.394 e. The maximum absolute atomic E-state index is 8.74. The highest BCUT2D eigenvalue weighted by Gasteiger charge is 2.04. The molecule has 9 nitrogen and oxygen atoms in total. The van der Waals surface area contributed by atoms with Crippen LogP contribution in [0, 0.1) is 0 Å². The van der Waals surface area contributed by atoms with E-state index in [1.54, 1.807) is 0 Å². The highest BCUT2D eigenvalue weighted by Crippen LogP contribution is 2.16. The van der Waals surface area contributed by atoms with E-state index < -0.39 is 10.4 Å². The summed E-state index contributed by atoms with van der Waals surface area (Å²) >= 11 is 5.70. The minimum atomic E-state index is -4.67. The number of fused-ring (bicyclic) bond motifs is 1. The van der Waals surface area contributed by atoms with Gasteiger partial charge in [0.25, 0.3) is 0 Å². The second-order valence-electron chi connectivity index (χ2n) is 4.19. The molecule has 0 radical (unpaired) electrons. The Morgan fingerprint density at radius 3 is 2.10 bits per heavy atom. The monoisotopic (exact) mass is 337 g/mol. The number of rotatable bonds is 0. The fourth-order valence-electron chi connectivity index (χ4n) is 1.70. The van der Waals surface area contributed by atoms with Gasteiger partial charge in [-0.15, -0.1) is 0 Å². The number of nitrogens with two attached hydrogens (primary N) is 1. The number of hydrogen-bond donors (Lipinski definition) is 4. The van der Waals surface area contributed by atoms with Gasteiger partial charge in [-0.1, -0.05) is 43.7 Å². The van der Waals surface area contributed by atoms with Crippen molar-refractivity contribution < 1.29 is 17.5 Å². The van der Waals surface area contributed by atoms with E-state index in [0.29, 0.717) is 16.3 Å². The summed E-state index contributed by atoms with van der Waals surface area (Å²) in [7, 11) is -4.67. The highest BCUT2D eigenvalue weighted by atomic mass is 35.5. The molecule has 118 valence electrons. The van der Waals surface area contributed by atoms with Crippen LogP contribution in [-0.4, -0.2) is 37.5 Å². The first-order valence-corrected chi connectivity index (χ1v) is 7.87. The summed E-state index contributed by atoms with van der Waals surface area (Å²) in [5.74, 6) is 0.134. The van der Waals surface area contributed by atoms with Crippen LogP contribution >= 0.6 is 11.6 Å². The predicted molar refractivity (Wildman–Crippen MR) is 78.4 cm³/mol. The number of aromatic amines is 1. The molecule has 0 unspecified atom stereocenters. The number of nitrogens with zero attached hydrogens (tertiary/aromatic N) is 3. The van der Waals surface area contributed by atoms with Crippen molar-refractivity contribution >= 4 is 39.1 Å². The van der Waals surface area contributed by atoms with Crippen molar-refractivity contribution in [3.05, 3.63) is 11.5 Å². The molecule has 2 aromatic rings. The number of anilines is 1. The molecule has 1 aliphatic carbocycles. The summed E-state index contributed by atoms with van der Waals surface area (Å²) in [4.78, 5) is 14.2. The molecular weight excluding hydrogens is 322 g/mol. The second kappa shape index (κ2) is 8.08. The molecule has 2 heterocycles. The Kier molecular flexibility index (Phi) is 6.75. The Bertz CT molecular complexity index is 656. The van der Waals surface area contributed by atoms with Crippen LogP contribution in [0.4, 0.5) is 5.95 Å². The van der Waals surface area contributed by atoms with E-state index in [-0.39, 0.29) is 5.95 Å². The zero-order valence-electron chi connectivity index (χ0n) is 11.0. The standard InChI is InChI=1S/C5H4ClN5.C5H10.H2O4S/c6-3-2-4(9-1-8-2)11-5(7)10-3;1-2-4-5-3-1;1-5(2,3)4/h1H,(H3,7,8,9,10,11);1-5H2;(H2,1,2,3,4). The minimum Gasteiger partial charge on any atom is -0.368 e. The van der Waals surface area contributed by atoms with Crippen molar-refractivity contribution in [1.29, 1.82) is 0 Å². The van der Waals surface area contributed by atoms with Crippen LogP contribution in [0.3, 0.4) is 0 Å². The molecule has 0 atom stereocenters. The van der Waals surface area contributed by atoms with Gasteiger partial charge in [-0.05, 0) is 0 Å². The lowest BCUT2D eigenvalue weighted by atomic mass is 10.4. The van der Waals surface area contributed by atoms with Gasteiger partial charge in [0.05, 0.1) is 6.33 Å². The van der Waals surface area contributed by atoms with Crippen molar-refractivity contribution in [3.8, 4) is 0 Å². The smallest absolute Gasteiger partial charge is 0.368 e. The maximum Gasteiger partial charge on any atom is 0.394 e. The van der Waals surface area contributed by atoms with E-state index in [2.05, 4.69) is 19.9 Å². The molecule has 11 heteroatoms. The molecule has 0 aromatic carbocycles. The first-order chi connectivity index (χ1) is 9.77. The lowest BCUT2D eigenvalue weighted by molar-refractivity contribution is 0.381. The molecule has 0 aliphatic heterocycles. The quantitative estimate of drug-likeness (QED) is 0.419. The zero-order chi connectivity index (χ0) is 15.9. The van der Waals surface area contributed by atoms with E-state index in [1.807, 2.05) is 0 Å². The number of aromatic nitrogens is 4. The molecular formula is C10H16ClN5O4S. The van der Waals surface area contributed by atoms with Gasteiger partial charge in [-0.2, -0.15) is 18.4 Å². The van der Waals surface area contributed by atoms with Crippen LogP contribution in [0.1, 0.15) is 32.1 Å². The van der Waals surface area contributed by atoms with Crippen LogP contribution in [0.5, 0.6) is 0 Å². The fraction of sp³-hybridized carbons (Fsp3) is 0.500. The fourth-order valence-corrected chi connectivity index (χ4v) is 1.92. The van der Waals surface area contributed by atoms with E-state index in [1.165, 1.54) is 38.4 Å². The van der Waals surface area contributed by atoms with Crippen LogP contribution in [0.15, 0.2) is 6.33 Å².